The maximum absolute atomic E-state index is 5.49. The molecule has 2 fully saturated rings. The van der Waals surface area contributed by atoms with Crippen molar-refractivity contribution < 1.29 is 4.74 Å². The van der Waals surface area contributed by atoms with Crippen LogP contribution in [0, 0.1) is 0 Å². The summed E-state index contributed by atoms with van der Waals surface area (Å²) < 4.78 is 5.49. The molecule has 1 aliphatic carbocycles. The Hall–Kier alpha value is -0.610. The van der Waals surface area contributed by atoms with Crippen LogP contribution in [0.25, 0.3) is 0 Å². The van der Waals surface area contributed by atoms with Gasteiger partial charge < -0.3 is 15.4 Å². The van der Waals surface area contributed by atoms with E-state index in [1.807, 2.05) is 0 Å². The Morgan fingerprint density at radius 1 is 1.24 bits per heavy atom. The van der Waals surface area contributed by atoms with Gasteiger partial charge in [-0.25, -0.2) is 0 Å². The highest BCUT2D eigenvalue weighted by atomic mass is 16.5. The minimum Gasteiger partial charge on any atom is -0.381 e. The van der Waals surface area contributed by atoms with Gasteiger partial charge in [-0.3, -0.25) is 4.99 Å². The lowest BCUT2D eigenvalue weighted by molar-refractivity contribution is 0.0593. The fourth-order valence-electron chi connectivity index (χ4n) is 3.28. The second kappa shape index (κ2) is 4.94. The maximum Gasteiger partial charge on any atom is 0.117 e. The fourth-order valence-corrected chi connectivity index (χ4v) is 3.28. The van der Waals surface area contributed by atoms with E-state index in [2.05, 4.69) is 10.6 Å². The summed E-state index contributed by atoms with van der Waals surface area (Å²) in [5.74, 6) is 1.22. The zero-order valence-electron chi connectivity index (χ0n) is 10.5. The van der Waals surface area contributed by atoms with Crippen molar-refractivity contribution in [2.45, 2.75) is 50.1 Å². The number of hydrogen-bond acceptors (Lipinski definition) is 4. The van der Waals surface area contributed by atoms with Crippen LogP contribution >= 0.6 is 0 Å². The van der Waals surface area contributed by atoms with E-state index in [4.69, 9.17) is 9.73 Å². The van der Waals surface area contributed by atoms with E-state index in [-0.39, 0.29) is 5.54 Å². The number of nitrogens with one attached hydrogen (secondary N) is 2. The van der Waals surface area contributed by atoms with Gasteiger partial charge in [0.1, 0.15) is 5.84 Å². The average molecular weight is 237 g/mol. The van der Waals surface area contributed by atoms with Gasteiger partial charge in [-0.2, -0.15) is 0 Å². The standard InChI is InChI=1S/C13H23N3O/c1-2-4-11(3-1)16-12-13(15-8-7-14-12)5-9-17-10-6-13/h11,15H,1-10H2,(H,14,16). The molecule has 1 saturated carbocycles. The van der Waals surface area contributed by atoms with Crippen LogP contribution < -0.4 is 10.6 Å². The normalized spacial score (nSPS) is 29.3. The van der Waals surface area contributed by atoms with Gasteiger partial charge in [0, 0.05) is 25.8 Å². The van der Waals surface area contributed by atoms with Crippen LogP contribution in [0.4, 0.5) is 0 Å². The van der Waals surface area contributed by atoms with Crippen LogP contribution in [-0.4, -0.2) is 43.7 Å². The summed E-state index contributed by atoms with van der Waals surface area (Å²) in [5, 5.41) is 7.40. The molecule has 2 heterocycles. The van der Waals surface area contributed by atoms with Gasteiger partial charge in [-0.1, -0.05) is 12.8 Å². The van der Waals surface area contributed by atoms with E-state index in [0.29, 0.717) is 6.04 Å². The molecule has 0 unspecified atom stereocenters. The number of aliphatic imine (C=N–C) groups is 1. The molecule has 3 aliphatic rings. The van der Waals surface area contributed by atoms with Crippen LogP contribution in [0.3, 0.4) is 0 Å². The van der Waals surface area contributed by atoms with Crippen molar-refractivity contribution in [2.24, 2.45) is 4.99 Å². The quantitative estimate of drug-likeness (QED) is 0.717. The molecular weight excluding hydrogens is 214 g/mol. The van der Waals surface area contributed by atoms with E-state index in [1.54, 1.807) is 0 Å². The fraction of sp³-hybridized carbons (Fsp3) is 0.923. The predicted octanol–water partition coefficient (Wildman–Crippen LogP) is 1.07. The van der Waals surface area contributed by atoms with E-state index < -0.39 is 0 Å². The average Bonchev–Trinajstić information content (AvgIpc) is 2.86. The second-order valence-electron chi connectivity index (χ2n) is 5.48. The molecule has 96 valence electrons. The summed E-state index contributed by atoms with van der Waals surface area (Å²) >= 11 is 0. The Morgan fingerprint density at radius 2 is 2.00 bits per heavy atom. The molecule has 0 amide bonds. The zero-order chi connectivity index (χ0) is 11.6. The molecule has 2 aliphatic heterocycles. The maximum atomic E-state index is 5.49. The van der Waals surface area contributed by atoms with Gasteiger partial charge in [-0.05, 0) is 25.7 Å². The third-order valence-electron chi connectivity index (χ3n) is 4.34. The molecule has 4 heteroatoms. The summed E-state index contributed by atoms with van der Waals surface area (Å²) in [5.41, 5.74) is 0.0963. The molecule has 0 atom stereocenters. The topological polar surface area (TPSA) is 45.7 Å². The SMILES string of the molecule is C1CCC(NC2=NCCNC23CCOCC3)C1. The van der Waals surface area contributed by atoms with Crippen molar-refractivity contribution in [1.29, 1.82) is 0 Å². The number of amidine groups is 1. The number of hydrogen-bond donors (Lipinski definition) is 2. The monoisotopic (exact) mass is 237 g/mol. The molecular formula is C13H23N3O. The Labute approximate surface area is 103 Å². The third kappa shape index (κ3) is 2.33. The van der Waals surface area contributed by atoms with Crippen molar-refractivity contribution in [3.8, 4) is 0 Å². The molecule has 17 heavy (non-hydrogen) atoms. The Kier molecular flexibility index (Phi) is 3.34. The highest BCUT2D eigenvalue weighted by Gasteiger charge is 2.39. The van der Waals surface area contributed by atoms with Crippen LogP contribution in [0.15, 0.2) is 4.99 Å². The van der Waals surface area contributed by atoms with Crippen LogP contribution in [0.5, 0.6) is 0 Å². The molecule has 1 spiro atoms. The lowest BCUT2D eigenvalue weighted by Crippen LogP contribution is -2.63. The van der Waals surface area contributed by atoms with Crippen molar-refractivity contribution in [1.82, 2.24) is 10.6 Å². The summed E-state index contributed by atoms with van der Waals surface area (Å²) in [6.45, 7) is 3.64. The van der Waals surface area contributed by atoms with Crippen molar-refractivity contribution in [3.63, 3.8) is 0 Å². The molecule has 1 saturated heterocycles. The van der Waals surface area contributed by atoms with Gasteiger partial charge >= 0.3 is 0 Å². The smallest absolute Gasteiger partial charge is 0.117 e. The Morgan fingerprint density at radius 3 is 2.76 bits per heavy atom. The van der Waals surface area contributed by atoms with Crippen LogP contribution in [0.2, 0.25) is 0 Å². The highest BCUT2D eigenvalue weighted by molar-refractivity contribution is 5.92. The molecule has 4 nitrogen and oxygen atoms in total. The van der Waals surface area contributed by atoms with Gasteiger partial charge in [0.15, 0.2) is 0 Å². The molecule has 0 radical (unpaired) electrons. The van der Waals surface area contributed by atoms with E-state index in [9.17, 15) is 0 Å². The number of rotatable bonds is 1. The molecule has 0 aromatic heterocycles. The van der Waals surface area contributed by atoms with E-state index in [0.717, 1.165) is 39.1 Å². The van der Waals surface area contributed by atoms with Crippen molar-refractivity contribution in [3.05, 3.63) is 0 Å². The predicted molar refractivity (Wildman–Crippen MR) is 68.5 cm³/mol. The molecule has 0 bridgehead atoms. The van der Waals surface area contributed by atoms with Gasteiger partial charge in [0.2, 0.25) is 0 Å². The highest BCUT2D eigenvalue weighted by Crippen LogP contribution is 2.26. The van der Waals surface area contributed by atoms with Gasteiger partial charge in [-0.15, -0.1) is 0 Å². The number of nitrogens with zero attached hydrogens (tertiary/aromatic N) is 1. The Balaban J connectivity index is 1.72. The first kappa shape index (κ1) is 11.5. The minimum absolute atomic E-state index is 0.0963. The second-order valence-corrected chi connectivity index (χ2v) is 5.48. The van der Waals surface area contributed by atoms with Crippen LogP contribution in [0.1, 0.15) is 38.5 Å². The third-order valence-corrected chi connectivity index (χ3v) is 4.34. The summed E-state index contributed by atoms with van der Waals surface area (Å²) in [7, 11) is 0. The van der Waals surface area contributed by atoms with E-state index >= 15 is 0 Å². The van der Waals surface area contributed by atoms with Gasteiger partial charge in [0.25, 0.3) is 0 Å². The Bertz CT molecular complexity index is 291. The number of ether oxygens (including phenoxy) is 1. The lowest BCUT2D eigenvalue weighted by Gasteiger charge is -2.42. The summed E-state index contributed by atoms with van der Waals surface area (Å²) in [4.78, 5) is 4.76. The molecule has 0 aromatic carbocycles. The largest absolute Gasteiger partial charge is 0.381 e. The summed E-state index contributed by atoms with van der Waals surface area (Å²) in [6.07, 6.45) is 7.48. The van der Waals surface area contributed by atoms with Crippen molar-refractivity contribution in [2.75, 3.05) is 26.3 Å². The first-order valence-corrected chi connectivity index (χ1v) is 7.03. The van der Waals surface area contributed by atoms with Gasteiger partial charge in [0.05, 0.1) is 12.1 Å². The summed E-state index contributed by atoms with van der Waals surface area (Å²) in [6, 6.07) is 0.661. The molecule has 3 rings (SSSR count). The minimum atomic E-state index is 0.0963. The molecule has 2 N–H and O–H groups in total. The molecule has 0 aromatic rings. The lowest BCUT2D eigenvalue weighted by atomic mass is 9.87. The zero-order valence-corrected chi connectivity index (χ0v) is 10.5. The van der Waals surface area contributed by atoms with E-state index in [1.165, 1.54) is 31.5 Å². The van der Waals surface area contributed by atoms with Crippen molar-refractivity contribution >= 4 is 5.84 Å². The van der Waals surface area contributed by atoms with Crippen LogP contribution in [-0.2, 0) is 4.74 Å². The first-order valence-electron chi connectivity index (χ1n) is 7.03. The first-order chi connectivity index (χ1) is 8.39.